The normalized spacial score (nSPS) is 31.3. The second-order valence-corrected chi connectivity index (χ2v) is 9.30. The van der Waals surface area contributed by atoms with Gasteiger partial charge in [0.25, 0.3) is 5.91 Å². The first-order chi connectivity index (χ1) is 15.4. The molecule has 4 aliphatic carbocycles. The Morgan fingerprint density at radius 1 is 0.812 bits per heavy atom. The predicted octanol–water partition coefficient (Wildman–Crippen LogP) is 3.70. The molecule has 6 heteroatoms. The Kier molecular flexibility index (Phi) is 4.03. The minimum absolute atomic E-state index is 0.0369. The first-order valence-electron chi connectivity index (χ1n) is 11.0. The lowest BCUT2D eigenvalue weighted by molar-refractivity contribution is -0.124. The molecule has 5 aliphatic rings. The number of hydrogen-bond donors (Lipinski definition) is 1. The van der Waals surface area contributed by atoms with Gasteiger partial charge < -0.3 is 5.32 Å². The van der Waals surface area contributed by atoms with Gasteiger partial charge in [0.15, 0.2) is 5.78 Å². The number of amides is 3. The molecular formula is C26H22N2O4. The number of carbonyl (C=O) groups is 4. The van der Waals surface area contributed by atoms with Gasteiger partial charge in [0.2, 0.25) is 11.8 Å². The molecule has 6 atom stereocenters. The van der Waals surface area contributed by atoms with Crippen molar-refractivity contribution >= 4 is 34.9 Å². The standard InChI is InChI=1S/C26H22N2O4/c1-13(29)14-2-6-16(7-3-14)27-24(30)15-4-8-17(9-5-15)28-25(31)22-18-10-11-19(21-12-20(18)21)23(22)26(28)32/h2-11,18-23H,12H2,1H3,(H,27,30)/t18-,19-,20-,21-,22+,23+/m0/s1. The number of benzene rings is 2. The molecule has 0 spiro atoms. The molecule has 32 heavy (non-hydrogen) atoms. The third kappa shape index (κ3) is 2.72. The number of carbonyl (C=O) groups excluding carboxylic acids is 4. The molecular weight excluding hydrogens is 404 g/mol. The van der Waals surface area contributed by atoms with Gasteiger partial charge in [-0.2, -0.15) is 0 Å². The van der Waals surface area contributed by atoms with Gasteiger partial charge >= 0.3 is 0 Å². The Hall–Kier alpha value is -3.54. The lowest BCUT2D eigenvalue weighted by atomic mass is 9.63. The fourth-order valence-corrected chi connectivity index (χ4v) is 5.96. The Balaban J connectivity index is 1.19. The van der Waals surface area contributed by atoms with E-state index in [2.05, 4.69) is 17.5 Å². The third-order valence-corrected chi connectivity index (χ3v) is 7.60. The molecule has 0 aromatic heterocycles. The van der Waals surface area contributed by atoms with Gasteiger partial charge in [0, 0.05) is 16.8 Å². The van der Waals surface area contributed by atoms with Crippen LogP contribution < -0.4 is 10.2 Å². The van der Waals surface area contributed by atoms with Crippen molar-refractivity contribution < 1.29 is 19.2 Å². The highest BCUT2D eigenvalue weighted by molar-refractivity contribution is 6.22. The molecule has 1 aliphatic heterocycles. The van der Waals surface area contributed by atoms with E-state index >= 15 is 0 Å². The van der Waals surface area contributed by atoms with E-state index in [1.807, 2.05) is 0 Å². The van der Waals surface area contributed by atoms with Gasteiger partial charge in [-0.25, -0.2) is 0 Å². The highest BCUT2D eigenvalue weighted by atomic mass is 16.2. The molecule has 2 aromatic carbocycles. The van der Waals surface area contributed by atoms with Crippen LogP contribution in [0.2, 0.25) is 0 Å². The van der Waals surface area contributed by atoms with E-state index in [1.165, 1.54) is 11.8 Å². The molecule has 2 bridgehead atoms. The van der Waals surface area contributed by atoms with Gasteiger partial charge in [-0.15, -0.1) is 0 Å². The molecule has 1 N–H and O–H groups in total. The highest BCUT2D eigenvalue weighted by Gasteiger charge is 2.67. The van der Waals surface area contributed by atoms with Crippen LogP contribution in [0.3, 0.4) is 0 Å². The van der Waals surface area contributed by atoms with Crippen LogP contribution in [0.5, 0.6) is 0 Å². The van der Waals surface area contributed by atoms with Crippen molar-refractivity contribution in [2.75, 3.05) is 10.2 Å². The second-order valence-electron chi connectivity index (χ2n) is 9.30. The molecule has 0 unspecified atom stereocenters. The number of nitrogens with one attached hydrogen (secondary N) is 1. The molecule has 1 saturated heterocycles. The largest absolute Gasteiger partial charge is 0.322 e. The van der Waals surface area contributed by atoms with Crippen LogP contribution >= 0.6 is 0 Å². The second kappa shape index (κ2) is 6.73. The molecule has 0 radical (unpaired) electrons. The summed E-state index contributed by atoms with van der Waals surface area (Å²) < 4.78 is 0. The number of rotatable bonds is 4. The van der Waals surface area contributed by atoms with E-state index in [1.54, 1.807) is 48.5 Å². The van der Waals surface area contributed by atoms with Gasteiger partial charge in [0.1, 0.15) is 0 Å². The zero-order valence-corrected chi connectivity index (χ0v) is 17.5. The summed E-state index contributed by atoms with van der Waals surface area (Å²) in [5.74, 6) is 0.500. The molecule has 7 rings (SSSR count). The van der Waals surface area contributed by atoms with Crippen molar-refractivity contribution in [2.45, 2.75) is 13.3 Å². The van der Waals surface area contributed by atoms with Crippen molar-refractivity contribution in [3.63, 3.8) is 0 Å². The summed E-state index contributed by atoms with van der Waals surface area (Å²) in [5.41, 5.74) is 2.10. The number of allylic oxidation sites excluding steroid dienone is 2. The van der Waals surface area contributed by atoms with Crippen molar-refractivity contribution in [2.24, 2.45) is 35.5 Å². The number of Topliss-reactive ketones (excluding diaryl/α,β-unsaturated/α-hetero) is 1. The van der Waals surface area contributed by atoms with Gasteiger partial charge in [0.05, 0.1) is 17.5 Å². The summed E-state index contributed by atoms with van der Waals surface area (Å²) in [4.78, 5) is 51.7. The molecule has 6 nitrogen and oxygen atoms in total. The average molecular weight is 426 g/mol. The van der Waals surface area contributed by atoms with Crippen LogP contribution in [-0.2, 0) is 9.59 Å². The molecule has 3 amide bonds. The molecule has 3 fully saturated rings. The molecule has 2 aromatic rings. The molecule has 1 heterocycles. The monoisotopic (exact) mass is 426 g/mol. The van der Waals surface area contributed by atoms with Crippen molar-refractivity contribution in [3.8, 4) is 0 Å². The fourth-order valence-electron chi connectivity index (χ4n) is 5.96. The predicted molar refractivity (Wildman–Crippen MR) is 118 cm³/mol. The summed E-state index contributed by atoms with van der Waals surface area (Å²) in [6, 6.07) is 13.3. The Morgan fingerprint density at radius 3 is 1.88 bits per heavy atom. The topological polar surface area (TPSA) is 83.6 Å². The quantitative estimate of drug-likeness (QED) is 0.459. The maximum Gasteiger partial charge on any atom is 0.255 e. The number of imide groups is 1. The zero-order chi connectivity index (χ0) is 22.1. The minimum Gasteiger partial charge on any atom is -0.322 e. The number of anilines is 2. The van der Waals surface area contributed by atoms with Crippen molar-refractivity contribution in [3.05, 3.63) is 71.8 Å². The number of hydrogen-bond acceptors (Lipinski definition) is 4. The van der Waals surface area contributed by atoms with Crippen LogP contribution in [0.15, 0.2) is 60.7 Å². The van der Waals surface area contributed by atoms with Gasteiger partial charge in [-0.3, -0.25) is 24.1 Å². The summed E-state index contributed by atoms with van der Waals surface area (Å²) >= 11 is 0. The van der Waals surface area contributed by atoms with E-state index in [0.29, 0.717) is 34.3 Å². The summed E-state index contributed by atoms with van der Waals surface area (Å²) in [6.07, 6.45) is 5.45. The van der Waals surface area contributed by atoms with Crippen LogP contribution in [0.4, 0.5) is 11.4 Å². The fraction of sp³-hybridized carbons (Fsp3) is 0.308. The van der Waals surface area contributed by atoms with E-state index in [0.717, 1.165) is 6.42 Å². The van der Waals surface area contributed by atoms with Crippen LogP contribution in [0.1, 0.15) is 34.1 Å². The summed E-state index contributed by atoms with van der Waals surface area (Å²) in [7, 11) is 0. The van der Waals surface area contributed by atoms with Crippen molar-refractivity contribution in [1.82, 2.24) is 0 Å². The summed E-state index contributed by atoms with van der Waals surface area (Å²) in [5, 5.41) is 2.80. The van der Waals surface area contributed by atoms with Crippen LogP contribution in [0.25, 0.3) is 0 Å². The third-order valence-electron chi connectivity index (χ3n) is 7.60. The average Bonchev–Trinajstić information content (AvgIpc) is 3.58. The van der Waals surface area contributed by atoms with E-state index < -0.39 is 0 Å². The highest BCUT2D eigenvalue weighted by Crippen LogP contribution is 2.65. The maximum absolute atomic E-state index is 13.2. The smallest absolute Gasteiger partial charge is 0.255 e. The zero-order valence-electron chi connectivity index (χ0n) is 17.5. The van der Waals surface area contributed by atoms with Crippen molar-refractivity contribution in [1.29, 1.82) is 0 Å². The lowest BCUT2D eigenvalue weighted by Gasteiger charge is -2.37. The van der Waals surface area contributed by atoms with Crippen LogP contribution in [0, 0.1) is 35.5 Å². The van der Waals surface area contributed by atoms with E-state index in [9.17, 15) is 19.2 Å². The maximum atomic E-state index is 13.2. The van der Waals surface area contributed by atoms with E-state index in [4.69, 9.17) is 0 Å². The first kappa shape index (κ1) is 19.2. The van der Waals surface area contributed by atoms with Gasteiger partial charge in [-0.1, -0.05) is 12.2 Å². The first-order valence-corrected chi connectivity index (χ1v) is 11.0. The molecule has 160 valence electrons. The minimum atomic E-state index is -0.304. The Labute approximate surface area is 185 Å². The number of ketones is 1. The van der Waals surface area contributed by atoms with Crippen LogP contribution in [-0.4, -0.2) is 23.5 Å². The Morgan fingerprint density at radius 2 is 1.34 bits per heavy atom. The SMILES string of the molecule is CC(=O)c1ccc(NC(=O)c2ccc(N3C(=O)[C@@H]4[C@H]5C=C[C@@H]([C@@H]6C[C@@H]56)[C@H]4C3=O)cc2)cc1. The summed E-state index contributed by atoms with van der Waals surface area (Å²) in [6.45, 7) is 1.49. The Bertz CT molecular complexity index is 1160. The van der Waals surface area contributed by atoms with E-state index in [-0.39, 0.29) is 47.2 Å². The lowest BCUT2D eigenvalue weighted by Crippen LogP contribution is -2.40. The van der Waals surface area contributed by atoms with Gasteiger partial charge in [-0.05, 0) is 85.5 Å². The molecule has 2 saturated carbocycles. The number of nitrogens with zero attached hydrogens (tertiary/aromatic N) is 1.